The van der Waals surface area contributed by atoms with Gasteiger partial charge < -0.3 is 0 Å². The second-order valence-electron chi connectivity index (χ2n) is 14.5. The molecule has 1 aromatic rings. The van der Waals surface area contributed by atoms with Gasteiger partial charge in [0.15, 0.2) is 0 Å². The molecule has 0 saturated heterocycles. The molecule has 5 rings (SSSR count). The summed E-state index contributed by atoms with van der Waals surface area (Å²) < 4.78 is 31.8. The predicted molar refractivity (Wildman–Crippen MR) is 156 cm³/mol. The van der Waals surface area contributed by atoms with Crippen LogP contribution in [-0.4, -0.2) is 14.5 Å². The number of fused-ring (bicyclic) bond motifs is 5. The van der Waals surface area contributed by atoms with Gasteiger partial charge in [-0.05, 0) is 117 Å². The van der Waals surface area contributed by atoms with Crippen LogP contribution in [-0.2, 0) is 14.3 Å². The average Bonchev–Trinajstić information content (AvgIpc) is 3.21. The smallest absolute Gasteiger partial charge is 0.263 e. The molecule has 38 heavy (non-hydrogen) atoms. The van der Waals surface area contributed by atoms with E-state index in [0.29, 0.717) is 5.41 Å². The standard InChI is InChI=1S/C34H52O3S/c1-23(2)8-7-9-25(4)30-16-17-31-29-15-12-26-22-27(37-38(35,36)28-13-10-24(3)11-14-28)18-20-33(26,5)32(29)19-21-34(30,31)6/h10-14,23,25,27,29-32H,7-9,15-22H2,1-6H3/t25?,27-,29-,30?,31-,32-,33-,34+/m0/s1. The van der Waals surface area contributed by atoms with Crippen LogP contribution >= 0.6 is 0 Å². The number of benzene rings is 1. The zero-order valence-electron chi connectivity index (χ0n) is 24.8. The average molecular weight is 541 g/mol. The van der Waals surface area contributed by atoms with Crippen molar-refractivity contribution in [3.63, 3.8) is 0 Å². The molecular weight excluding hydrogens is 488 g/mol. The summed E-state index contributed by atoms with van der Waals surface area (Å²) >= 11 is 0. The van der Waals surface area contributed by atoms with Gasteiger partial charge in [-0.2, -0.15) is 8.42 Å². The van der Waals surface area contributed by atoms with E-state index in [-0.39, 0.29) is 16.4 Å². The molecule has 0 amide bonds. The van der Waals surface area contributed by atoms with E-state index in [1.54, 1.807) is 12.1 Å². The molecule has 4 aliphatic rings. The molecule has 0 radical (unpaired) electrons. The van der Waals surface area contributed by atoms with Crippen molar-refractivity contribution < 1.29 is 12.6 Å². The third-order valence-electron chi connectivity index (χ3n) is 11.8. The van der Waals surface area contributed by atoms with Crippen LogP contribution in [0.3, 0.4) is 0 Å². The Labute approximate surface area is 233 Å². The monoisotopic (exact) mass is 540 g/mol. The number of hydrogen-bond acceptors (Lipinski definition) is 3. The lowest BCUT2D eigenvalue weighted by molar-refractivity contribution is -0.0556. The summed E-state index contributed by atoms with van der Waals surface area (Å²) in [6.45, 7) is 14.4. The molecular formula is C34H52O3S. The molecule has 3 nitrogen and oxygen atoms in total. The molecule has 2 unspecified atom stereocenters. The Morgan fingerprint density at radius 1 is 0.947 bits per heavy atom. The molecule has 0 aliphatic heterocycles. The van der Waals surface area contributed by atoms with Crippen molar-refractivity contribution in [1.82, 2.24) is 0 Å². The van der Waals surface area contributed by atoms with Crippen molar-refractivity contribution >= 4 is 10.1 Å². The fourth-order valence-corrected chi connectivity index (χ4v) is 10.8. The lowest BCUT2D eigenvalue weighted by Crippen LogP contribution is -2.51. The minimum Gasteiger partial charge on any atom is -0.263 e. The lowest BCUT2D eigenvalue weighted by atomic mass is 9.47. The van der Waals surface area contributed by atoms with Crippen LogP contribution < -0.4 is 0 Å². The van der Waals surface area contributed by atoms with Gasteiger partial charge in [-0.25, -0.2) is 0 Å². The van der Waals surface area contributed by atoms with Gasteiger partial charge in [0, 0.05) is 0 Å². The molecule has 212 valence electrons. The summed E-state index contributed by atoms with van der Waals surface area (Å²) in [5.41, 5.74) is 3.24. The van der Waals surface area contributed by atoms with Gasteiger partial charge in [-0.15, -0.1) is 0 Å². The third kappa shape index (κ3) is 5.18. The number of allylic oxidation sites excluding steroid dienone is 1. The highest BCUT2D eigenvalue weighted by molar-refractivity contribution is 7.86. The second kappa shape index (κ2) is 10.7. The van der Waals surface area contributed by atoms with E-state index in [4.69, 9.17) is 4.18 Å². The molecule has 3 saturated carbocycles. The maximum absolute atomic E-state index is 13.0. The SMILES string of the molecule is Cc1ccc(S(=O)(=O)O[C@H]2CC[C@@]3(C)C(=CC[C@@H]4[C@@H]3CC[C@]3(C)C(C(C)CCCC(C)C)CC[C@@H]43)C2)cc1. The van der Waals surface area contributed by atoms with E-state index in [0.717, 1.165) is 60.3 Å². The van der Waals surface area contributed by atoms with Crippen LogP contribution in [0.5, 0.6) is 0 Å². The summed E-state index contributed by atoms with van der Waals surface area (Å²) in [5, 5.41) is 0. The van der Waals surface area contributed by atoms with E-state index < -0.39 is 10.1 Å². The van der Waals surface area contributed by atoms with Crippen molar-refractivity contribution in [2.45, 2.75) is 123 Å². The van der Waals surface area contributed by atoms with Gasteiger partial charge in [0.2, 0.25) is 0 Å². The number of aryl methyl sites for hydroxylation is 1. The van der Waals surface area contributed by atoms with Crippen LogP contribution in [0.2, 0.25) is 0 Å². The Balaban J connectivity index is 1.27. The molecule has 8 atom stereocenters. The molecule has 0 bridgehead atoms. The van der Waals surface area contributed by atoms with Gasteiger partial charge in [0.25, 0.3) is 10.1 Å². The van der Waals surface area contributed by atoms with Crippen LogP contribution in [0, 0.1) is 53.3 Å². The minimum absolute atomic E-state index is 0.207. The molecule has 4 aliphatic carbocycles. The molecule has 0 N–H and O–H groups in total. The highest BCUT2D eigenvalue weighted by Gasteiger charge is 2.59. The zero-order chi connectivity index (χ0) is 27.3. The van der Waals surface area contributed by atoms with Gasteiger partial charge in [0.05, 0.1) is 11.0 Å². The molecule has 3 fully saturated rings. The van der Waals surface area contributed by atoms with E-state index in [2.05, 4.69) is 40.7 Å². The Morgan fingerprint density at radius 2 is 1.68 bits per heavy atom. The molecule has 1 aromatic carbocycles. The topological polar surface area (TPSA) is 43.4 Å². The Bertz CT molecular complexity index is 1120. The normalized spacial score (nSPS) is 37.8. The molecule has 0 spiro atoms. The molecule has 0 aromatic heterocycles. The van der Waals surface area contributed by atoms with E-state index in [9.17, 15) is 8.42 Å². The summed E-state index contributed by atoms with van der Waals surface area (Å²) in [5.74, 6) is 4.93. The highest BCUT2D eigenvalue weighted by Crippen LogP contribution is 2.67. The summed E-state index contributed by atoms with van der Waals surface area (Å²) in [7, 11) is -3.73. The maximum atomic E-state index is 13.0. The van der Waals surface area contributed by atoms with Crippen molar-refractivity contribution in [3.05, 3.63) is 41.5 Å². The first-order valence-electron chi connectivity index (χ1n) is 15.6. The summed E-state index contributed by atoms with van der Waals surface area (Å²) in [4.78, 5) is 0.273. The Kier molecular flexibility index (Phi) is 7.99. The van der Waals surface area contributed by atoms with Gasteiger partial charge in [-0.1, -0.05) is 83.2 Å². The summed E-state index contributed by atoms with van der Waals surface area (Å²) in [6, 6.07) is 7.02. The first-order valence-corrected chi connectivity index (χ1v) is 17.0. The maximum Gasteiger partial charge on any atom is 0.297 e. The van der Waals surface area contributed by atoms with Crippen molar-refractivity contribution in [2.75, 3.05) is 0 Å². The second-order valence-corrected chi connectivity index (χ2v) is 16.1. The van der Waals surface area contributed by atoms with E-state index in [1.165, 1.54) is 56.9 Å². The van der Waals surface area contributed by atoms with Crippen LogP contribution in [0.1, 0.15) is 111 Å². The fraction of sp³-hybridized carbons (Fsp3) is 0.765. The Hall–Kier alpha value is -1.13. The predicted octanol–water partition coefficient (Wildman–Crippen LogP) is 9.11. The molecule has 4 heteroatoms. The minimum atomic E-state index is -3.73. The zero-order valence-corrected chi connectivity index (χ0v) is 25.7. The van der Waals surface area contributed by atoms with E-state index in [1.807, 2.05) is 19.1 Å². The first-order chi connectivity index (χ1) is 17.9. The first kappa shape index (κ1) is 28.4. The van der Waals surface area contributed by atoms with Gasteiger partial charge in [0.1, 0.15) is 0 Å². The largest absolute Gasteiger partial charge is 0.297 e. The van der Waals surface area contributed by atoms with Gasteiger partial charge >= 0.3 is 0 Å². The lowest BCUT2D eigenvalue weighted by Gasteiger charge is -2.58. The van der Waals surface area contributed by atoms with Crippen molar-refractivity contribution in [2.24, 2.45) is 46.3 Å². The van der Waals surface area contributed by atoms with Crippen LogP contribution in [0.4, 0.5) is 0 Å². The van der Waals surface area contributed by atoms with Crippen molar-refractivity contribution in [1.29, 1.82) is 0 Å². The van der Waals surface area contributed by atoms with Gasteiger partial charge in [-0.3, -0.25) is 4.18 Å². The van der Waals surface area contributed by atoms with Crippen molar-refractivity contribution in [3.8, 4) is 0 Å². The number of hydrogen-bond donors (Lipinski definition) is 0. The number of rotatable bonds is 8. The fourth-order valence-electron chi connectivity index (χ4n) is 9.67. The summed E-state index contributed by atoms with van der Waals surface area (Å²) in [6.07, 6.45) is 15.8. The quantitative estimate of drug-likeness (QED) is 0.244. The van der Waals surface area contributed by atoms with E-state index >= 15 is 0 Å². The highest BCUT2D eigenvalue weighted by atomic mass is 32.2. The van der Waals surface area contributed by atoms with Crippen LogP contribution in [0.15, 0.2) is 40.8 Å². The third-order valence-corrected chi connectivity index (χ3v) is 13.2. The van der Waals surface area contributed by atoms with Crippen LogP contribution in [0.25, 0.3) is 0 Å². The Morgan fingerprint density at radius 3 is 2.39 bits per heavy atom. The molecule has 0 heterocycles.